The number of amides is 2. The molecule has 1 heterocycles. The Balaban J connectivity index is 1.33. The molecule has 1 fully saturated rings. The molecule has 1 aliphatic heterocycles. The van der Waals surface area contributed by atoms with Gasteiger partial charge in [0.05, 0.1) is 11.0 Å². The molecule has 0 saturated carbocycles. The number of hydrogen-bond donors (Lipinski definition) is 2. The third-order valence-electron chi connectivity index (χ3n) is 7.38. The minimum Gasteiger partial charge on any atom is -0.484 e. The molecule has 0 spiro atoms. The first-order valence-electron chi connectivity index (χ1n) is 14.7. The zero-order chi connectivity index (χ0) is 32.5. The van der Waals surface area contributed by atoms with E-state index in [1.807, 2.05) is 6.07 Å². The summed E-state index contributed by atoms with van der Waals surface area (Å²) in [5.41, 5.74) is 1.59. The Kier molecular flexibility index (Phi) is 10.9. The molecule has 2 N–H and O–H groups in total. The predicted octanol–water partition coefficient (Wildman–Crippen LogP) is 5.72. The SMILES string of the molecule is O=C(NC[C@@H]1CCCO1)[C@@H](c1ccccc1)N(Cc1ccc(Cl)cc1)C(=O)COc1ccc(S(=O)(=O)Nc2ccc(F)cc2)cc1. The number of rotatable bonds is 13. The number of anilines is 1. The number of hydrogen-bond acceptors (Lipinski definition) is 6. The summed E-state index contributed by atoms with van der Waals surface area (Å²) in [7, 11) is -3.95. The molecule has 5 rings (SSSR count). The quantitative estimate of drug-likeness (QED) is 0.189. The lowest BCUT2D eigenvalue weighted by Gasteiger charge is -2.32. The summed E-state index contributed by atoms with van der Waals surface area (Å²) in [6.45, 7) is 0.653. The van der Waals surface area contributed by atoms with Crippen LogP contribution in [-0.2, 0) is 30.9 Å². The van der Waals surface area contributed by atoms with Crippen LogP contribution in [0.3, 0.4) is 0 Å². The number of halogens is 2. The van der Waals surface area contributed by atoms with E-state index in [4.69, 9.17) is 21.1 Å². The summed E-state index contributed by atoms with van der Waals surface area (Å²) < 4.78 is 52.7. The molecule has 0 radical (unpaired) electrons. The highest BCUT2D eigenvalue weighted by Crippen LogP contribution is 2.26. The fraction of sp³-hybridized carbons (Fsp3) is 0.235. The van der Waals surface area contributed by atoms with Gasteiger partial charge in [0.15, 0.2) is 6.61 Å². The number of ether oxygens (including phenoxy) is 2. The van der Waals surface area contributed by atoms with Crippen LogP contribution >= 0.6 is 11.6 Å². The highest BCUT2D eigenvalue weighted by Gasteiger charge is 2.32. The Bertz CT molecular complexity index is 1720. The zero-order valence-corrected chi connectivity index (χ0v) is 26.3. The third kappa shape index (κ3) is 8.84. The molecule has 0 bridgehead atoms. The average molecular weight is 666 g/mol. The van der Waals surface area contributed by atoms with Gasteiger partial charge in [-0.2, -0.15) is 0 Å². The largest absolute Gasteiger partial charge is 0.484 e. The Hall–Kier alpha value is -4.45. The summed E-state index contributed by atoms with van der Waals surface area (Å²) in [5.74, 6) is -1.06. The van der Waals surface area contributed by atoms with Crippen LogP contribution in [0.15, 0.2) is 108 Å². The van der Waals surface area contributed by atoms with Gasteiger partial charge in [0, 0.05) is 30.4 Å². The van der Waals surface area contributed by atoms with Crippen molar-refractivity contribution in [2.45, 2.75) is 36.4 Å². The maximum absolute atomic E-state index is 13.9. The molecule has 12 heteroatoms. The average Bonchev–Trinajstić information content (AvgIpc) is 3.59. The van der Waals surface area contributed by atoms with Gasteiger partial charge in [0.25, 0.3) is 15.9 Å². The van der Waals surface area contributed by atoms with E-state index in [1.54, 1.807) is 48.5 Å². The first-order chi connectivity index (χ1) is 22.2. The molecule has 9 nitrogen and oxygen atoms in total. The number of nitrogens with zero attached hydrogens (tertiary/aromatic N) is 1. The van der Waals surface area contributed by atoms with Crippen molar-refractivity contribution < 1.29 is 31.9 Å². The van der Waals surface area contributed by atoms with Gasteiger partial charge in [-0.25, -0.2) is 12.8 Å². The van der Waals surface area contributed by atoms with Crippen LogP contribution in [0.2, 0.25) is 5.02 Å². The Morgan fingerprint density at radius 2 is 1.65 bits per heavy atom. The number of sulfonamides is 1. The van der Waals surface area contributed by atoms with Crippen molar-refractivity contribution in [1.82, 2.24) is 10.2 Å². The first-order valence-corrected chi connectivity index (χ1v) is 16.5. The molecule has 1 saturated heterocycles. The summed E-state index contributed by atoms with van der Waals surface area (Å²) in [4.78, 5) is 29.0. The number of nitrogens with one attached hydrogen (secondary N) is 2. The normalized spacial score (nSPS) is 15.1. The van der Waals surface area contributed by atoms with Gasteiger partial charge in [-0.05, 0) is 84.6 Å². The molecule has 1 aliphatic rings. The number of carbonyl (C=O) groups is 2. The lowest BCUT2D eigenvalue weighted by atomic mass is 10.0. The van der Waals surface area contributed by atoms with E-state index in [2.05, 4.69) is 10.0 Å². The van der Waals surface area contributed by atoms with Gasteiger partial charge in [0.1, 0.15) is 17.6 Å². The Labute approximate surface area is 272 Å². The van der Waals surface area contributed by atoms with Gasteiger partial charge in [-0.15, -0.1) is 0 Å². The van der Waals surface area contributed by atoms with E-state index in [9.17, 15) is 22.4 Å². The van der Waals surface area contributed by atoms with Gasteiger partial charge in [-0.3, -0.25) is 14.3 Å². The van der Waals surface area contributed by atoms with Crippen LogP contribution < -0.4 is 14.8 Å². The topological polar surface area (TPSA) is 114 Å². The standard InChI is InChI=1S/C34H33ClFN3O6S/c35-26-10-8-24(9-11-26)22-39(33(25-5-2-1-3-6-25)34(41)37-21-30-7-4-20-44-30)32(40)23-45-29-16-18-31(19-17-29)46(42,43)38-28-14-12-27(36)13-15-28/h1-3,5-6,8-19,30,33,38H,4,7,20-23H2,(H,37,41)/t30-,33+/m0/s1. The van der Waals surface area contributed by atoms with Crippen molar-refractivity contribution in [3.05, 3.63) is 125 Å². The molecule has 2 amide bonds. The fourth-order valence-corrected chi connectivity index (χ4v) is 6.19. The minimum atomic E-state index is -3.95. The molecule has 240 valence electrons. The van der Waals surface area contributed by atoms with Crippen LogP contribution in [0, 0.1) is 5.82 Å². The van der Waals surface area contributed by atoms with Gasteiger partial charge in [0.2, 0.25) is 5.91 Å². The molecule has 46 heavy (non-hydrogen) atoms. The molecule has 2 atom stereocenters. The smallest absolute Gasteiger partial charge is 0.261 e. The maximum Gasteiger partial charge on any atom is 0.261 e. The molecular formula is C34H33ClFN3O6S. The third-order valence-corrected chi connectivity index (χ3v) is 9.03. The second kappa shape index (κ2) is 15.2. The summed E-state index contributed by atoms with van der Waals surface area (Å²) >= 11 is 6.09. The molecular weight excluding hydrogens is 633 g/mol. The van der Waals surface area contributed by atoms with E-state index >= 15 is 0 Å². The second-order valence-electron chi connectivity index (χ2n) is 10.7. The van der Waals surface area contributed by atoms with E-state index in [-0.39, 0.29) is 34.9 Å². The molecule has 0 aromatic heterocycles. The molecule has 4 aromatic carbocycles. The Morgan fingerprint density at radius 1 is 0.957 bits per heavy atom. The van der Waals surface area contributed by atoms with Crippen molar-refractivity contribution in [1.29, 1.82) is 0 Å². The maximum atomic E-state index is 13.9. The Morgan fingerprint density at radius 3 is 2.30 bits per heavy atom. The van der Waals surface area contributed by atoms with Crippen LogP contribution in [0.25, 0.3) is 0 Å². The predicted molar refractivity (Wildman–Crippen MR) is 172 cm³/mol. The van der Waals surface area contributed by atoms with E-state index in [0.717, 1.165) is 30.5 Å². The van der Waals surface area contributed by atoms with Crippen LogP contribution in [-0.4, -0.2) is 51.0 Å². The first kappa shape index (κ1) is 32.9. The highest BCUT2D eigenvalue weighted by atomic mass is 35.5. The van der Waals surface area contributed by atoms with Crippen molar-refractivity contribution in [2.75, 3.05) is 24.5 Å². The van der Waals surface area contributed by atoms with E-state index < -0.39 is 34.4 Å². The van der Waals surface area contributed by atoms with Crippen LogP contribution in [0.4, 0.5) is 10.1 Å². The van der Waals surface area contributed by atoms with Crippen molar-refractivity contribution in [3.63, 3.8) is 0 Å². The highest BCUT2D eigenvalue weighted by molar-refractivity contribution is 7.92. The van der Waals surface area contributed by atoms with E-state index in [0.29, 0.717) is 23.7 Å². The monoisotopic (exact) mass is 665 g/mol. The zero-order valence-electron chi connectivity index (χ0n) is 24.8. The summed E-state index contributed by atoms with van der Waals surface area (Å²) in [6.07, 6.45) is 1.69. The molecule has 0 unspecified atom stereocenters. The van der Waals surface area contributed by atoms with Crippen molar-refractivity contribution in [3.8, 4) is 5.75 Å². The van der Waals surface area contributed by atoms with Crippen LogP contribution in [0.5, 0.6) is 5.75 Å². The fourth-order valence-electron chi connectivity index (χ4n) is 5.01. The number of carbonyl (C=O) groups excluding carboxylic acids is 2. The summed E-state index contributed by atoms with van der Waals surface area (Å²) in [5, 5.41) is 3.51. The molecule has 4 aromatic rings. The minimum absolute atomic E-state index is 0.0491. The lowest BCUT2D eigenvalue weighted by molar-refractivity contribution is -0.143. The van der Waals surface area contributed by atoms with Gasteiger partial charge in [-0.1, -0.05) is 54.1 Å². The van der Waals surface area contributed by atoms with Gasteiger partial charge < -0.3 is 19.7 Å². The molecule has 0 aliphatic carbocycles. The van der Waals surface area contributed by atoms with Crippen molar-refractivity contribution in [2.24, 2.45) is 0 Å². The lowest BCUT2D eigenvalue weighted by Crippen LogP contribution is -2.46. The van der Waals surface area contributed by atoms with Gasteiger partial charge >= 0.3 is 0 Å². The second-order valence-corrected chi connectivity index (χ2v) is 12.8. The number of benzene rings is 4. The van der Waals surface area contributed by atoms with Crippen LogP contribution in [0.1, 0.15) is 30.0 Å². The van der Waals surface area contributed by atoms with Crippen molar-refractivity contribution >= 4 is 39.1 Å². The summed E-state index contributed by atoms with van der Waals surface area (Å²) in [6, 6.07) is 25.5. The van der Waals surface area contributed by atoms with E-state index in [1.165, 1.54) is 41.3 Å².